The Bertz CT molecular complexity index is 1010. The number of carbonyl (C=O) groups is 1. The van der Waals surface area contributed by atoms with E-state index in [2.05, 4.69) is 0 Å². The minimum Gasteiger partial charge on any atom is -0.288 e. The maximum atomic E-state index is 13.2. The fourth-order valence-electron chi connectivity index (χ4n) is 3.08. The minimum absolute atomic E-state index is 0.277. The van der Waals surface area contributed by atoms with E-state index in [9.17, 15) is 9.00 Å². The van der Waals surface area contributed by atoms with Crippen LogP contribution in [0.5, 0.6) is 0 Å². The lowest BCUT2D eigenvalue weighted by molar-refractivity contribution is 0.228. The Morgan fingerprint density at radius 2 is 1.48 bits per heavy atom. The lowest BCUT2D eigenvalue weighted by Crippen LogP contribution is -2.47. The molecule has 0 bridgehead atoms. The monoisotopic (exact) mass is 396 g/mol. The molecule has 4 nitrogen and oxygen atoms in total. The molecule has 27 heavy (non-hydrogen) atoms. The number of rotatable bonds is 4. The molecule has 0 aromatic heterocycles. The lowest BCUT2D eigenvalue weighted by atomic mass is 10.2. The van der Waals surface area contributed by atoms with Crippen LogP contribution in [0, 0.1) is 0 Å². The number of urea groups is 1. The van der Waals surface area contributed by atoms with Gasteiger partial charge in [-0.1, -0.05) is 72.3 Å². The summed E-state index contributed by atoms with van der Waals surface area (Å²) in [7, 11) is -1.56. The van der Waals surface area contributed by atoms with Gasteiger partial charge in [0.1, 0.15) is 0 Å². The van der Waals surface area contributed by atoms with Gasteiger partial charge in [0.15, 0.2) is 11.0 Å². The van der Waals surface area contributed by atoms with Gasteiger partial charge in [0, 0.05) is 5.02 Å². The molecule has 0 aliphatic carbocycles. The Morgan fingerprint density at radius 3 is 2.26 bits per heavy atom. The average Bonchev–Trinajstić information content (AvgIpc) is 2.70. The van der Waals surface area contributed by atoms with Gasteiger partial charge in [0.25, 0.3) is 0 Å². The van der Waals surface area contributed by atoms with Crippen LogP contribution in [0.4, 0.5) is 10.5 Å². The fourth-order valence-corrected chi connectivity index (χ4v) is 4.57. The highest BCUT2D eigenvalue weighted by Gasteiger charge is 2.36. The van der Waals surface area contributed by atoms with E-state index in [1.165, 1.54) is 4.31 Å². The molecular formula is C21H17ClN2O2S. The van der Waals surface area contributed by atoms with Crippen LogP contribution >= 0.6 is 11.6 Å². The average molecular weight is 397 g/mol. The van der Waals surface area contributed by atoms with Crippen LogP contribution in [-0.2, 0) is 24.1 Å². The Morgan fingerprint density at radius 1 is 0.815 bits per heavy atom. The van der Waals surface area contributed by atoms with Gasteiger partial charge < -0.3 is 0 Å². The van der Waals surface area contributed by atoms with Crippen molar-refractivity contribution in [2.45, 2.75) is 18.0 Å². The fraction of sp³-hybridized carbons (Fsp3) is 0.0952. The van der Waals surface area contributed by atoms with E-state index in [0.29, 0.717) is 22.2 Å². The first kappa shape index (κ1) is 17.8. The lowest BCUT2D eigenvalue weighted by Gasteiger charge is -2.36. The van der Waals surface area contributed by atoms with Crippen LogP contribution in [0.3, 0.4) is 0 Å². The first-order chi connectivity index (χ1) is 13.1. The van der Waals surface area contributed by atoms with Gasteiger partial charge >= 0.3 is 6.03 Å². The van der Waals surface area contributed by atoms with E-state index < -0.39 is 11.0 Å². The second kappa shape index (κ2) is 7.55. The number of carbonyl (C=O) groups excluding carboxylic acids is 1. The Kier molecular flexibility index (Phi) is 4.97. The van der Waals surface area contributed by atoms with Crippen LogP contribution in [0.25, 0.3) is 0 Å². The molecule has 1 atom stereocenters. The summed E-state index contributed by atoms with van der Waals surface area (Å²) in [5, 5.41) is 0.601. The predicted molar refractivity (Wildman–Crippen MR) is 108 cm³/mol. The zero-order valence-corrected chi connectivity index (χ0v) is 16.0. The summed E-state index contributed by atoms with van der Waals surface area (Å²) in [5.41, 5.74) is 2.43. The quantitative estimate of drug-likeness (QED) is 0.622. The molecule has 3 aromatic rings. The molecule has 0 saturated heterocycles. The molecule has 1 heterocycles. The van der Waals surface area contributed by atoms with Gasteiger partial charge in [-0.15, -0.1) is 0 Å². The van der Waals surface area contributed by atoms with Crippen molar-refractivity contribution in [2.75, 3.05) is 4.90 Å². The summed E-state index contributed by atoms with van der Waals surface area (Å²) in [6.45, 7) is 0.595. The van der Waals surface area contributed by atoms with E-state index >= 15 is 0 Å². The number of hydrogen-bond donors (Lipinski definition) is 0. The Balaban J connectivity index is 1.73. The maximum Gasteiger partial charge on any atom is 0.337 e. The van der Waals surface area contributed by atoms with E-state index in [-0.39, 0.29) is 12.6 Å². The van der Waals surface area contributed by atoms with Crippen molar-refractivity contribution in [1.82, 2.24) is 4.31 Å². The summed E-state index contributed by atoms with van der Waals surface area (Å²) >= 11 is 6.30. The first-order valence-corrected chi connectivity index (χ1v) is 10.0. The van der Waals surface area contributed by atoms with Gasteiger partial charge in [0.05, 0.1) is 23.7 Å². The molecule has 6 heteroatoms. The number of hydrogen-bond acceptors (Lipinski definition) is 2. The van der Waals surface area contributed by atoms with E-state index in [0.717, 1.165) is 11.1 Å². The largest absolute Gasteiger partial charge is 0.337 e. The Labute approximate surface area is 165 Å². The van der Waals surface area contributed by atoms with Crippen molar-refractivity contribution in [2.24, 2.45) is 0 Å². The van der Waals surface area contributed by atoms with Crippen molar-refractivity contribution in [3.8, 4) is 0 Å². The van der Waals surface area contributed by atoms with Gasteiger partial charge in [-0.05, 0) is 29.3 Å². The summed E-state index contributed by atoms with van der Waals surface area (Å²) < 4.78 is 14.5. The molecular weight excluding hydrogens is 380 g/mol. The van der Waals surface area contributed by atoms with Crippen molar-refractivity contribution < 1.29 is 9.00 Å². The highest BCUT2D eigenvalue weighted by Crippen LogP contribution is 2.34. The molecule has 4 rings (SSSR count). The molecule has 0 radical (unpaired) electrons. The van der Waals surface area contributed by atoms with Crippen molar-refractivity contribution >= 4 is 34.3 Å². The van der Waals surface area contributed by atoms with Gasteiger partial charge in [-0.2, -0.15) is 0 Å². The molecule has 1 aliphatic heterocycles. The second-order valence-corrected chi connectivity index (χ2v) is 7.99. The zero-order chi connectivity index (χ0) is 18.8. The van der Waals surface area contributed by atoms with Crippen molar-refractivity contribution in [3.63, 3.8) is 0 Å². The number of halogens is 1. The molecule has 0 N–H and O–H groups in total. The molecule has 3 aromatic carbocycles. The Hall–Kier alpha value is -2.63. The molecule has 1 aliphatic rings. The number of fused-ring (bicyclic) bond motifs is 1. The minimum atomic E-state index is -1.56. The second-order valence-electron chi connectivity index (χ2n) is 6.20. The SMILES string of the molecule is O=C1N(Cc2ccccc2Cl)c2ccccc2S(=O)N1Cc1ccccc1. The van der Waals surface area contributed by atoms with Gasteiger partial charge in [-0.25, -0.2) is 13.3 Å². The topological polar surface area (TPSA) is 40.6 Å². The highest BCUT2D eigenvalue weighted by atomic mass is 35.5. The van der Waals surface area contributed by atoms with Crippen molar-refractivity contribution in [1.29, 1.82) is 0 Å². The van der Waals surface area contributed by atoms with Gasteiger partial charge in [-0.3, -0.25) is 4.90 Å². The van der Waals surface area contributed by atoms with Gasteiger partial charge in [0.2, 0.25) is 0 Å². The molecule has 0 saturated carbocycles. The summed E-state index contributed by atoms with van der Waals surface area (Å²) in [4.78, 5) is 15.5. The van der Waals surface area contributed by atoms with Crippen LogP contribution in [-0.4, -0.2) is 14.5 Å². The number of nitrogens with zero attached hydrogens (tertiary/aromatic N) is 2. The third kappa shape index (κ3) is 3.48. The first-order valence-electron chi connectivity index (χ1n) is 8.52. The maximum absolute atomic E-state index is 13.2. The highest BCUT2D eigenvalue weighted by molar-refractivity contribution is 7.83. The smallest absolute Gasteiger partial charge is 0.288 e. The van der Waals surface area contributed by atoms with Crippen LogP contribution in [0.2, 0.25) is 5.02 Å². The third-order valence-corrected chi connectivity index (χ3v) is 6.22. The zero-order valence-electron chi connectivity index (χ0n) is 14.4. The molecule has 2 amide bonds. The number of para-hydroxylation sites is 1. The third-order valence-electron chi connectivity index (χ3n) is 4.44. The summed E-state index contributed by atoms with van der Waals surface area (Å²) in [5.74, 6) is 0. The van der Waals surface area contributed by atoms with Crippen LogP contribution in [0.1, 0.15) is 11.1 Å². The predicted octanol–water partition coefficient (Wildman–Crippen LogP) is 5.01. The molecule has 1 unspecified atom stereocenters. The summed E-state index contributed by atoms with van der Waals surface area (Å²) in [6, 6.07) is 24.0. The standard InChI is InChI=1S/C21H17ClN2O2S/c22-18-11-5-4-10-17(18)15-23-19-12-6-7-13-20(19)27(26)24(21(23)25)14-16-8-2-1-3-9-16/h1-13H,14-15H2. The van der Waals surface area contributed by atoms with E-state index in [1.54, 1.807) is 17.0 Å². The van der Waals surface area contributed by atoms with E-state index in [4.69, 9.17) is 11.6 Å². The number of benzene rings is 3. The van der Waals surface area contributed by atoms with Crippen molar-refractivity contribution in [3.05, 3.63) is 95.0 Å². The number of anilines is 1. The number of amides is 2. The molecule has 0 fully saturated rings. The normalized spacial score (nSPS) is 16.3. The summed E-state index contributed by atoms with van der Waals surface area (Å²) in [6.07, 6.45) is 0. The molecule has 136 valence electrons. The van der Waals surface area contributed by atoms with E-state index in [1.807, 2.05) is 66.7 Å². The van der Waals surface area contributed by atoms with Crippen LogP contribution < -0.4 is 4.90 Å². The van der Waals surface area contributed by atoms with Crippen LogP contribution in [0.15, 0.2) is 83.8 Å². The molecule has 0 spiro atoms.